The van der Waals surface area contributed by atoms with Crippen LogP contribution in [0, 0.1) is 0 Å². The van der Waals surface area contributed by atoms with Crippen molar-refractivity contribution in [2.24, 2.45) is 5.73 Å². The van der Waals surface area contributed by atoms with Crippen molar-refractivity contribution in [3.8, 4) is 0 Å². The number of anilines is 2. The molecule has 0 fully saturated rings. The van der Waals surface area contributed by atoms with E-state index in [-0.39, 0.29) is 24.2 Å². The van der Waals surface area contributed by atoms with Gasteiger partial charge in [-0.05, 0) is 13.8 Å². The number of hydrogen-bond donors (Lipinski definition) is 2. The SMILES string of the molecule is CC(C)N(CC(N)=O)c1cc(N)nc(C(F)(F)F)n1. The first-order valence-electron chi connectivity index (χ1n) is 5.38. The highest BCUT2D eigenvalue weighted by Gasteiger charge is 2.36. The molecule has 0 aliphatic heterocycles. The Hall–Kier alpha value is -2.06. The molecule has 0 atom stereocenters. The largest absolute Gasteiger partial charge is 0.451 e. The number of halogens is 3. The molecule has 0 saturated carbocycles. The summed E-state index contributed by atoms with van der Waals surface area (Å²) < 4.78 is 37.8. The van der Waals surface area contributed by atoms with E-state index in [1.54, 1.807) is 13.8 Å². The lowest BCUT2D eigenvalue weighted by Crippen LogP contribution is -2.39. The van der Waals surface area contributed by atoms with Crippen LogP contribution in [0.1, 0.15) is 19.7 Å². The van der Waals surface area contributed by atoms with Gasteiger partial charge in [0.1, 0.15) is 11.6 Å². The van der Waals surface area contributed by atoms with Crippen LogP contribution in [0.5, 0.6) is 0 Å². The van der Waals surface area contributed by atoms with Crippen molar-refractivity contribution in [2.75, 3.05) is 17.2 Å². The van der Waals surface area contributed by atoms with E-state index in [1.165, 1.54) is 4.90 Å². The van der Waals surface area contributed by atoms with Gasteiger partial charge in [-0.2, -0.15) is 13.2 Å². The summed E-state index contributed by atoms with van der Waals surface area (Å²) in [4.78, 5) is 18.8. The normalized spacial score (nSPS) is 11.7. The average Bonchev–Trinajstić information content (AvgIpc) is 2.23. The maximum atomic E-state index is 12.6. The minimum absolute atomic E-state index is 0.0892. The number of nitrogens with zero attached hydrogens (tertiary/aromatic N) is 3. The molecule has 1 aromatic heterocycles. The summed E-state index contributed by atoms with van der Waals surface area (Å²) in [6.45, 7) is 3.12. The molecule has 0 spiro atoms. The lowest BCUT2D eigenvalue weighted by atomic mass is 10.3. The Morgan fingerprint density at radius 1 is 1.42 bits per heavy atom. The molecule has 0 bridgehead atoms. The zero-order chi connectivity index (χ0) is 14.8. The van der Waals surface area contributed by atoms with E-state index in [0.29, 0.717) is 0 Å². The Kier molecular flexibility index (Phi) is 4.17. The second-order valence-electron chi connectivity index (χ2n) is 4.16. The average molecular weight is 277 g/mol. The zero-order valence-electron chi connectivity index (χ0n) is 10.4. The van der Waals surface area contributed by atoms with Crippen LogP contribution >= 0.6 is 0 Å². The van der Waals surface area contributed by atoms with Crippen LogP contribution in [-0.4, -0.2) is 28.5 Å². The van der Waals surface area contributed by atoms with Gasteiger partial charge >= 0.3 is 6.18 Å². The molecule has 0 aliphatic rings. The van der Waals surface area contributed by atoms with Gasteiger partial charge in [0.2, 0.25) is 11.7 Å². The van der Waals surface area contributed by atoms with E-state index in [9.17, 15) is 18.0 Å². The van der Waals surface area contributed by atoms with Gasteiger partial charge in [0, 0.05) is 12.1 Å². The highest BCUT2D eigenvalue weighted by molar-refractivity contribution is 5.79. The Labute approximate surface area is 107 Å². The number of alkyl halides is 3. The smallest absolute Gasteiger partial charge is 0.384 e. The van der Waals surface area contributed by atoms with Gasteiger partial charge in [0.25, 0.3) is 0 Å². The Bertz CT molecular complexity index is 475. The molecule has 1 heterocycles. The lowest BCUT2D eigenvalue weighted by Gasteiger charge is -2.26. The number of rotatable bonds is 4. The van der Waals surface area contributed by atoms with E-state index in [1.807, 2.05) is 0 Å². The van der Waals surface area contributed by atoms with Crippen molar-refractivity contribution in [3.63, 3.8) is 0 Å². The number of carbonyl (C=O) groups is 1. The second kappa shape index (κ2) is 5.29. The lowest BCUT2D eigenvalue weighted by molar-refractivity contribution is -0.144. The van der Waals surface area contributed by atoms with Gasteiger partial charge in [-0.15, -0.1) is 0 Å². The van der Waals surface area contributed by atoms with Crippen LogP contribution in [-0.2, 0) is 11.0 Å². The topological polar surface area (TPSA) is 98.1 Å². The number of hydrogen-bond acceptors (Lipinski definition) is 5. The molecule has 19 heavy (non-hydrogen) atoms. The number of aromatic nitrogens is 2. The van der Waals surface area contributed by atoms with E-state index >= 15 is 0 Å². The Morgan fingerprint density at radius 3 is 2.42 bits per heavy atom. The predicted molar refractivity (Wildman–Crippen MR) is 63.1 cm³/mol. The van der Waals surface area contributed by atoms with E-state index < -0.39 is 17.9 Å². The molecule has 0 aliphatic carbocycles. The van der Waals surface area contributed by atoms with Crippen LogP contribution in [0.4, 0.5) is 24.8 Å². The van der Waals surface area contributed by atoms with Gasteiger partial charge in [0.15, 0.2) is 0 Å². The monoisotopic (exact) mass is 277 g/mol. The van der Waals surface area contributed by atoms with Crippen molar-refractivity contribution in [3.05, 3.63) is 11.9 Å². The number of primary amides is 1. The molecule has 1 aromatic rings. The van der Waals surface area contributed by atoms with Crippen molar-refractivity contribution in [1.82, 2.24) is 9.97 Å². The van der Waals surface area contributed by atoms with Gasteiger partial charge < -0.3 is 16.4 Å². The molecule has 0 saturated heterocycles. The Balaban J connectivity index is 3.24. The molecule has 0 unspecified atom stereocenters. The fourth-order valence-electron chi connectivity index (χ4n) is 1.42. The second-order valence-corrected chi connectivity index (χ2v) is 4.16. The third-order valence-electron chi connectivity index (χ3n) is 2.23. The van der Waals surface area contributed by atoms with Crippen molar-refractivity contribution < 1.29 is 18.0 Å². The van der Waals surface area contributed by atoms with Gasteiger partial charge in [0.05, 0.1) is 6.54 Å². The fraction of sp³-hybridized carbons (Fsp3) is 0.500. The summed E-state index contributed by atoms with van der Waals surface area (Å²) >= 11 is 0. The van der Waals surface area contributed by atoms with Gasteiger partial charge in [-0.3, -0.25) is 4.79 Å². The summed E-state index contributed by atoms with van der Waals surface area (Å²) in [5.41, 5.74) is 10.4. The molecule has 0 aromatic carbocycles. The first-order valence-corrected chi connectivity index (χ1v) is 5.38. The number of nitrogens with two attached hydrogens (primary N) is 2. The number of carbonyl (C=O) groups excluding carboxylic acids is 1. The standard InChI is InChI=1S/C10H14F3N5O/c1-5(2)18(4-7(15)19)8-3-6(14)16-9(17-8)10(11,12)13/h3,5H,4H2,1-2H3,(H2,15,19)(H2,14,16,17). The third kappa shape index (κ3) is 3.97. The minimum Gasteiger partial charge on any atom is -0.384 e. The van der Waals surface area contributed by atoms with Crippen molar-refractivity contribution in [2.45, 2.75) is 26.1 Å². The molecule has 1 amide bonds. The summed E-state index contributed by atoms with van der Waals surface area (Å²) in [6.07, 6.45) is -4.71. The molecular formula is C10H14F3N5O. The van der Waals surface area contributed by atoms with Crippen LogP contribution in [0.25, 0.3) is 0 Å². The molecular weight excluding hydrogens is 263 g/mol. The first kappa shape index (κ1) is 15.0. The van der Waals surface area contributed by atoms with E-state index in [4.69, 9.17) is 11.5 Å². The summed E-state index contributed by atoms with van der Waals surface area (Å²) in [5.74, 6) is -2.45. The van der Waals surface area contributed by atoms with E-state index in [0.717, 1.165) is 6.07 Å². The molecule has 6 nitrogen and oxygen atoms in total. The van der Waals surface area contributed by atoms with Crippen LogP contribution < -0.4 is 16.4 Å². The maximum Gasteiger partial charge on any atom is 0.451 e. The first-order chi connectivity index (χ1) is 8.61. The van der Waals surface area contributed by atoms with Crippen molar-refractivity contribution in [1.29, 1.82) is 0 Å². The van der Waals surface area contributed by atoms with E-state index in [2.05, 4.69) is 9.97 Å². The Morgan fingerprint density at radius 2 is 2.00 bits per heavy atom. The molecule has 9 heteroatoms. The molecule has 1 rings (SSSR count). The third-order valence-corrected chi connectivity index (χ3v) is 2.23. The predicted octanol–water partition coefficient (Wildman–Crippen LogP) is 0.778. The summed E-state index contributed by atoms with van der Waals surface area (Å²) in [6, 6.07) is 0.890. The zero-order valence-corrected chi connectivity index (χ0v) is 10.4. The minimum atomic E-state index is -4.71. The summed E-state index contributed by atoms with van der Waals surface area (Å²) in [5, 5.41) is 0. The fourth-order valence-corrected chi connectivity index (χ4v) is 1.42. The quantitative estimate of drug-likeness (QED) is 0.847. The van der Waals surface area contributed by atoms with Gasteiger partial charge in [-0.25, -0.2) is 9.97 Å². The number of nitrogen functional groups attached to an aromatic ring is 1. The van der Waals surface area contributed by atoms with Crippen LogP contribution in [0.3, 0.4) is 0 Å². The molecule has 4 N–H and O–H groups in total. The van der Waals surface area contributed by atoms with Crippen molar-refractivity contribution >= 4 is 17.5 Å². The molecule has 106 valence electrons. The summed E-state index contributed by atoms with van der Waals surface area (Å²) in [7, 11) is 0. The van der Waals surface area contributed by atoms with Crippen LogP contribution in [0.15, 0.2) is 6.07 Å². The van der Waals surface area contributed by atoms with Gasteiger partial charge in [-0.1, -0.05) is 0 Å². The van der Waals surface area contributed by atoms with Crippen LogP contribution in [0.2, 0.25) is 0 Å². The highest BCUT2D eigenvalue weighted by Crippen LogP contribution is 2.28. The number of amides is 1. The maximum absolute atomic E-state index is 12.6. The highest BCUT2D eigenvalue weighted by atomic mass is 19.4. The molecule has 0 radical (unpaired) electrons.